The van der Waals surface area contributed by atoms with Crippen molar-refractivity contribution in [2.75, 3.05) is 25.0 Å². The molecule has 6 heteroatoms. The van der Waals surface area contributed by atoms with Gasteiger partial charge < -0.3 is 24.8 Å². The van der Waals surface area contributed by atoms with Gasteiger partial charge in [0, 0.05) is 30.1 Å². The molecular formula is C42H66N2O4. The molecule has 4 unspecified atom stereocenters. The number of hydrogen-bond donors (Lipinski definition) is 2. The SMILES string of the molecule is CCCCCCCCCCCCCCCC(=O)Nc1cccc(C2OC(CN3CCCCCCC3)C(C)C(c3ccc(CO)cc3)O2)c1. The first-order chi connectivity index (χ1) is 23.6. The molecule has 48 heavy (non-hydrogen) atoms. The van der Waals surface area contributed by atoms with Crippen LogP contribution in [0.2, 0.25) is 0 Å². The standard InChI is InChI=1S/C42H66N2O4/c1-3-4-5-6-7-8-9-10-11-12-13-15-18-24-40(46)43-38-23-21-22-37(31-38)42-47-39(32-44-29-19-16-14-17-20-30-44)34(2)41(48-42)36-27-25-35(33-45)26-28-36/h21-23,25-28,31,34,39,41-42,45H,3-20,24,29-30,32-33H2,1-2H3,(H,43,46). The van der Waals surface area contributed by atoms with E-state index < -0.39 is 6.29 Å². The van der Waals surface area contributed by atoms with E-state index in [0.717, 1.165) is 54.9 Å². The van der Waals surface area contributed by atoms with Gasteiger partial charge in [-0.3, -0.25) is 4.79 Å². The van der Waals surface area contributed by atoms with Gasteiger partial charge in [0.25, 0.3) is 0 Å². The van der Waals surface area contributed by atoms with Gasteiger partial charge >= 0.3 is 0 Å². The Morgan fingerprint density at radius 2 is 1.38 bits per heavy atom. The summed E-state index contributed by atoms with van der Waals surface area (Å²) in [5.41, 5.74) is 3.72. The maximum Gasteiger partial charge on any atom is 0.224 e. The van der Waals surface area contributed by atoms with Crippen LogP contribution in [0.5, 0.6) is 0 Å². The summed E-state index contributed by atoms with van der Waals surface area (Å²) in [6, 6.07) is 16.1. The Kier molecular flexibility index (Phi) is 18.0. The zero-order chi connectivity index (χ0) is 33.8. The Morgan fingerprint density at radius 3 is 2.00 bits per heavy atom. The van der Waals surface area contributed by atoms with Gasteiger partial charge in [-0.1, -0.05) is 147 Å². The molecule has 2 N–H and O–H groups in total. The molecule has 2 saturated heterocycles. The molecule has 2 aliphatic heterocycles. The van der Waals surface area contributed by atoms with Crippen molar-refractivity contribution in [3.8, 4) is 0 Å². The van der Waals surface area contributed by atoms with Crippen molar-refractivity contribution in [1.82, 2.24) is 4.90 Å². The van der Waals surface area contributed by atoms with Crippen LogP contribution in [0.4, 0.5) is 5.69 Å². The van der Waals surface area contributed by atoms with E-state index in [4.69, 9.17) is 9.47 Å². The minimum Gasteiger partial charge on any atom is -0.392 e. The maximum absolute atomic E-state index is 12.9. The molecule has 0 radical (unpaired) electrons. The lowest BCUT2D eigenvalue weighted by Crippen LogP contribution is -2.45. The first kappa shape index (κ1) is 38.6. The average molecular weight is 663 g/mol. The third kappa shape index (κ3) is 13.6. The number of unbranched alkanes of at least 4 members (excludes halogenated alkanes) is 12. The number of ether oxygens (including phenoxy) is 2. The normalized spacial score (nSPS) is 22.2. The number of benzene rings is 2. The number of likely N-dealkylation sites (tertiary alicyclic amines) is 1. The van der Waals surface area contributed by atoms with Crippen molar-refractivity contribution in [2.24, 2.45) is 5.92 Å². The van der Waals surface area contributed by atoms with Crippen LogP contribution in [0.1, 0.15) is 165 Å². The van der Waals surface area contributed by atoms with Gasteiger partial charge in [-0.25, -0.2) is 0 Å². The number of aliphatic hydroxyl groups is 1. The van der Waals surface area contributed by atoms with Crippen molar-refractivity contribution in [2.45, 2.75) is 161 Å². The van der Waals surface area contributed by atoms with E-state index in [9.17, 15) is 9.90 Å². The second kappa shape index (κ2) is 22.5. The van der Waals surface area contributed by atoms with Crippen LogP contribution in [0.3, 0.4) is 0 Å². The predicted octanol–water partition coefficient (Wildman–Crippen LogP) is 10.7. The van der Waals surface area contributed by atoms with E-state index >= 15 is 0 Å². The Labute approximate surface area is 292 Å². The van der Waals surface area contributed by atoms with Gasteiger partial charge in [-0.05, 0) is 55.6 Å². The molecule has 2 aromatic carbocycles. The van der Waals surface area contributed by atoms with Gasteiger partial charge in [-0.2, -0.15) is 0 Å². The van der Waals surface area contributed by atoms with Crippen LogP contribution < -0.4 is 5.32 Å². The first-order valence-corrected chi connectivity index (χ1v) is 19.7. The first-order valence-electron chi connectivity index (χ1n) is 19.7. The number of nitrogens with one attached hydrogen (secondary N) is 1. The van der Waals surface area contributed by atoms with Crippen molar-refractivity contribution in [3.05, 3.63) is 65.2 Å². The minimum atomic E-state index is -0.526. The third-order valence-electron chi connectivity index (χ3n) is 10.5. The monoisotopic (exact) mass is 663 g/mol. The summed E-state index contributed by atoms with van der Waals surface area (Å²) in [6.07, 6.45) is 23.3. The van der Waals surface area contributed by atoms with Crippen LogP contribution in [0.25, 0.3) is 0 Å². The molecule has 0 aromatic heterocycles. The van der Waals surface area contributed by atoms with E-state index in [2.05, 4.69) is 36.2 Å². The number of anilines is 1. The Morgan fingerprint density at radius 1 is 0.771 bits per heavy atom. The van der Waals surface area contributed by atoms with Gasteiger partial charge in [0.15, 0.2) is 6.29 Å². The number of carbonyl (C=O) groups excluding carboxylic acids is 1. The number of aliphatic hydroxyl groups excluding tert-OH is 1. The van der Waals surface area contributed by atoms with E-state index in [1.807, 2.05) is 36.4 Å². The largest absolute Gasteiger partial charge is 0.392 e. The fourth-order valence-corrected chi connectivity index (χ4v) is 7.37. The predicted molar refractivity (Wildman–Crippen MR) is 198 cm³/mol. The minimum absolute atomic E-state index is 0.0134. The fraction of sp³-hybridized carbons (Fsp3) is 0.690. The van der Waals surface area contributed by atoms with Crippen molar-refractivity contribution < 1.29 is 19.4 Å². The lowest BCUT2D eigenvalue weighted by Gasteiger charge is -2.43. The second-order valence-corrected chi connectivity index (χ2v) is 14.6. The lowest BCUT2D eigenvalue weighted by molar-refractivity contribution is -0.276. The fourth-order valence-electron chi connectivity index (χ4n) is 7.37. The van der Waals surface area contributed by atoms with Crippen molar-refractivity contribution in [1.29, 1.82) is 0 Å². The summed E-state index contributed by atoms with van der Waals surface area (Å²) in [6.45, 7) is 7.68. The molecule has 2 fully saturated rings. The van der Waals surface area contributed by atoms with Crippen LogP contribution >= 0.6 is 0 Å². The Balaban J connectivity index is 1.26. The number of hydrogen-bond acceptors (Lipinski definition) is 5. The number of carbonyl (C=O) groups is 1. The Hall–Kier alpha value is -2.25. The summed E-state index contributed by atoms with van der Waals surface area (Å²) in [5.74, 6) is 0.237. The highest BCUT2D eigenvalue weighted by Gasteiger charge is 2.39. The molecule has 1 amide bonds. The van der Waals surface area contributed by atoms with E-state index in [-0.39, 0.29) is 30.6 Å². The Bertz CT molecular complexity index is 1150. The summed E-state index contributed by atoms with van der Waals surface area (Å²) >= 11 is 0. The second-order valence-electron chi connectivity index (χ2n) is 14.6. The maximum atomic E-state index is 12.9. The lowest BCUT2D eigenvalue weighted by atomic mass is 9.89. The van der Waals surface area contributed by atoms with Gasteiger partial charge in [0.05, 0.1) is 18.8 Å². The van der Waals surface area contributed by atoms with E-state index in [1.165, 1.54) is 103 Å². The molecule has 0 saturated carbocycles. The molecule has 0 aliphatic carbocycles. The highest BCUT2D eigenvalue weighted by molar-refractivity contribution is 5.90. The number of amides is 1. The van der Waals surface area contributed by atoms with Crippen LogP contribution in [0, 0.1) is 5.92 Å². The van der Waals surface area contributed by atoms with Crippen LogP contribution in [-0.4, -0.2) is 41.7 Å². The summed E-state index contributed by atoms with van der Waals surface area (Å²) < 4.78 is 13.5. The van der Waals surface area contributed by atoms with Crippen LogP contribution in [-0.2, 0) is 20.9 Å². The third-order valence-corrected chi connectivity index (χ3v) is 10.5. The zero-order valence-corrected chi connectivity index (χ0v) is 30.3. The molecule has 2 heterocycles. The molecule has 6 nitrogen and oxygen atoms in total. The van der Waals surface area contributed by atoms with Gasteiger partial charge in [-0.15, -0.1) is 0 Å². The number of rotatable bonds is 20. The highest BCUT2D eigenvalue weighted by atomic mass is 16.7. The topological polar surface area (TPSA) is 71.0 Å². The quantitative estimate of drug-likeness (QED) is 0.138. The molecule has 268 valence electrons. The van der Waals surface area contributed by atoms with Crippen molar-refractivity contribution in [3.63, 3.8) is 0 Å². The molecule has 4 atom stereocenters. The molecule has 2 aliphatic rings. The van der Waals surface area contributed by atoms with E-state index in [0.29, 0.717) is 6.42 Å². The molecule has 0 bridgehead atoms. The van der Waals surface area contributed by atoms with Crippen molar-refractivity contribution >= 4 is 11.6 Å². The summed E-state index contributed by atoms with van der Waals surface area (Å²) in [7, 11) is 0. The van der Waals surface area contributed by atoms with Gasteiger partial charge in [0.2, 0.25) is 5.91 Å². The van der Waals surface area contributed by atoms with Crippen LogP contribution in [0.15, 0.2) is 48.5 Å². The average Bonchev–Trinajstić information content (AvgIpc) is 3.09. The van der Waals surface area contributed by atoms with E-state index in [1.54, 1.807) is 0 Å². The number of nitrogens with zero attached hydrogens (tertiary/aromatic N) is 1. The summed E-state index contributed by atoms with van der Waals surface area (Å²) in [5, 5.41) is 12.7. The molecule has 0 spiro atoms. The van der Waals surface area contributed by atoms with Gasteiger partial charge in [0.1, 0.15) is 0 Å². The molecule has 4 rings (SSSR count). The smallest absolute Gasteiger partial charge is 0.224 e. The zero-order valence-electron chi connectivity index (χ0n) is 30.3. The molecular weight excluding hydrogens is 596 g/mol. The molecule has 2 aromatic rings. The summed E-state index contributed by atoms with van der Waals surface area (Å²) in [4.78, 5) is 15.4. The highest BCUT2D eigenvalue weighted by Crippen LogP contribution is 2.42.